The predicted molar refractivity (Wildman–Crippen MR) is 49.9 cm³/mol. The molecule has 1 rings (SSSR count). The van der Waals surface area contributed by atoms with Crippen molar-refractivity contribution in [2.45, 2.75) is 13.0 Å². The Labute approximate surface area is 77.5 Å². The molecule has 3 heteroatoms. The summed E-state index contributed by atoms with van der Waals surface area (Å²) in [6.07, 6.45) is 0.285. The maximum Gasteiger partial charge on any atom is 0.307 e. The van der Waals surface area contributed by atoms with Crippen LogP contribution in [-0.4, -0.2) is 12.5 Å². The van der Waals surface area contributed by atoms with Crippen molar-refractivity contribution in [2.75, 3.05) is 6.54 Å². The Balaban J connectivity index is 2.31. The van der Waals surface area contributed by atoms with Crippen LogP contribution in [0, 0.1) is 0 Å². The van der Waals surface area contributed by atoms with E-state index >= 15 is 0 Å². The minimum Gasteiger partial charge on any atom is -0.461 e. The van der Waals surface area contributed by atoms with Gasteiger partial charge in [0.1, 0.15) is 6.61 Å². The second-order valence-corrected chi connectivity index (χ2v) is 2.68. The van der Waals surface area contributed by atoms with Gasteiger partial charge in [-0.15, -0.1) is 0 Å². The van der Waals surface area contributed by atoms with Crippen LogP contribution in [0.5, 0.6) is 0 Å². The van der Waals surface area contributed by atoms with Gasteiger partial charge in [-0.25, -0.2) is 0 Å². The Morgan fingerprint density at radius 3 is 2.62 bits per heavy atom. The highest BCUT2D eigenvalue weighted by molar-refractivity contribution is 5.69. The molecule has 3 nitrogen and oxygen atoms in total. The molecule has 0 saturated carbocycles. The third-order valence-corrected chi connectivity index (χ3v) is 1.59. The lowest BCUT2D eigenvalue weighted by Crippen LogP contribution is -2.10. The van der Waals surface area contributed by atoms with E-state index in [-0.39, 0.29) is 12.4 Å². The first-order valence-electron chi connectivity index (χ1n) is 4.22. The van der Waals surface area contributed by atoms with Crippen LogP contribution in [0.2, 0.25) is 0 Å². The molecule has 0 saturated heterocycles. The number of carbonyl (C=O) groups is 1. The average molecular weight is 180 g/mol. The van der Waals surface area contributed by atoms with Crippen LogP contribution in [0.25, 0.3) is 0 Å². The summed E-state index contributed by atoms with van der Waals surface area (Å²) < 4.78 is 4.95. The van der Waals surface area contributed by atoms with E-state index in [9.17, 15) is 4.79 Å². The number of carbonyl (C=O) groups excluding carboxylic acids is 1. The number of ether oxygens (including phenoxy) is 1. The van der Waals surface area contributed by atoms with Gasteiger partial charge in [-0.2, -0.15) is 0 Å². The summed E-state index contributed by atoms with van der Waals surface area (Å²) in [5, 5.41) is 0. The fraction of sp³-hybridized carbons (Fsp3) is 0.300. The van der Waals surface area contributed by atoms with E-state index in [0.29, 0.717) is 13.2 Å². The Morgan fingerprint density at radius 2 is 2.00 bits per heavy atom. The molecule has 70 valence electrons. The molecule has 13 heavy (non-hydrogen) atoms. The van der Waals surface area contributed by atoms with Crippen LogP contribution in [-0.2, 0) is 16.1 Å². The first-order valence-corrected chi connectivity index (χ1v) is 4.22. The normalized spacial score (nSPS) is 9.62. The fourth-order valence-electron chi connectivity index (χ4n) is 0.928. The molecule has 0 aliphatic rings. The van der Waals surface area contributed by atoms with Crippen molar-refractivity contribution in [1.82, 2.24) is 0 Å². The van der Waals surface area contributed by atoms with Crippen molar-refractivity contribution in [3.05, 3.63) is 35.9 Å². The van der Waals surface area contributed by atoms with Gasteiger partial charge in [-0.3, -0.25) is 4.79 Å². The van der Waals surface area contributed by atoms with E-state index in [1.807, 2.05) is 30.3 Å². The molecule has 0 unspecified atom stereocenters. The zero-order chi connectivity index (χ0) is 9.52. The van der Waals surface area contributed by atoms with Crippen molar-refractivity contribution in [1.29, 1.82) is 0 Å². The lowest BCUT2D eigenvalue weighted by Gasteiger charge is -2.02. The van der Waals surface area contributed by atoms with Gasteiger partial charge in [-0.05, 0) is 5.56 Å². The summed E-state index contributed by atoms with van der Waals surface area (Å²) >= 11 is 0. The molecule has 0 aliphatic heterocycles. The number of rotatable bonds is 4. The zero-order valence-electron chi connectivity index (χ0n) is 7.40. The summed E-state index contributed by atoms with van der Waals surface area (Å²) in [6.45, 7) is 0.674. The lowest BCUT2D eigenvalue weighted by atomic mass is 10.2. The smallest absolute Gasteiger partial charge is 0.307 e. The monoisotopic (exact) mass is 180 g/mol. The summed E-state index contributed by atoms with van der Waals surface area (Å²) in [7, 11) is 0. The Morgan fingerprint density at radius 1 is 1.31 bits per heavy atom. The van der Waals surface area contributed by atoms with E-state index in [2.05, 4.69) is 0 Å². The number of benzene rings is 1. The first-order chi connectivity index (χ1) is 6.33. The van der Waals surface area contributed by atoms with Gasteiger partial charge in [0, 0.05) is 6.54 Å². The highest BCUT2D eigenvalue weighted by Gasteiger charge is 2.00. The van der Waals surface area contributed by atoms with Crippen LogP contribution < -0.4 is 5.73 Å². The molecule has 0 heterocycles. The molecule has 0 aromatic heterocycles. The minimum absolute atomic E-state index is 0.244. The Hall–Kier alpha value is -1.35. The minimum atomic E-state index is -0.244. The average Bonchev–Trinajstić information content (AvgIpc) is 2.17. The topological polar surface area (TPSA) is 52.3 Å². The SMILES string of the molecule is [15NH2]CCC(=O)OCc1ccccc1. The van der Waals surface area contributed by atoms with Gasteiger partial charge in [0.2, 0.25) is 0 Å². The van der Waals surface area contributed by atoms with Crippen molar-refractivity contribution < 1.29 is 9.53 Å². The number of esters is 1. The molecule has 0 radical (unpaired) electrons. The molecule has 0 atom stereocenters. The van der Waals surface area contributed by atoms with E-state index in [1.165, 1.54) is 0 Å². The highest BCUT2D eigenvalue weighted by Crippen LogP contribution is 2.00. The van der Waals surface area contributed by atoms with Crippen molar-refractivity contribution in [2.24, 2.45) is 5.73 Å². The van der Waals surface area contributed by atoms with Gasteiger partial charge in [0.25, 0.3) is 0 Å². The van der Waals surface area contributed by atoms with Gasteiger partial charge in [0.15, 0.2) is 0 Å². The molecule has 0 fully saturated rings. The van der Waals surface area contributed by atoms with E-state index in [1.54, 1.807) is 0 Å². The van der Waals surface area contributed by atoms with Crippen molar-refractivity contribution in [3.8, 4) is 0 Å². The number of hydrogen-bond donors (Lipinski definition) is 1. The van der Waals surface area contributed by atoms with Crippen LogP contribution in [0.15, 0.2) is 30.3 Å². The van der Waals surface area contributed by atoms with Crippen molar-refractivity contribution in [3.63, 3.8) is 0 Å². The first kappa shape index (κ1) is 9.74. The molecule has 0 amide bonds. The van der Waals surface area contributed by atoms with E-state index < -0.39 is 0 Å². The van der Waals surface area contributed by atoms with Gasteiger partial charge in [-0.1, -0.05) is 30.3 Å². The van der Waals surface area contributed by atoms with Crippen molar-refractivity contribution >= 4 is 5.97 Å². The van der Waals surface area contributed by atoms with E-state index in [0.717, 1.165) is 5.56 Å². The van der Waals surface area contributed by atoms with Gasteiger partial charge < -0.3 is 10.5 Å². The van der Waals surface area contributed by atoms with Crippen LogP contribution in [0.3, 0.4) is 0 Å². The van der Waals surface area contributed by atoms with Crippen LogP contribution in [0.4, 0.5) is 0 Å². The third kappa shape index (κ3) is 3.71. The predicted octanol–water partition coefficient (Wildman–Crippen LogP) is 1.08. The molecule has 0 aliphatic carbocycles. The molecular formula is C10H13NO2. The van der Waals surface area contributed by atoms with Gasteiger partial charge >= 0.3 is 5.97 Å². The summed E-state index contributed by atoms with van der Waals surface area (Å²) in [5.41, 5.74) is 6.19. The third-order valence-electron chi connectivity index (χ3n) is 1.59. The summed E-state index contributed by atoms with van der Waals surface area (Å²) in [6, 6.07) is 9.56. The number of nitrogens with two attached hydrogens (primary N) is 1. The van der Waals surface area contributed by atoms with Gasteiger partial charge in [0.05, 0.1) is 6.42 Å². The van der Waals surface area contributed by atoms with Crippen LogP contribution in [0.1, 0.15) is 12.0 Å². The summed E-state index contributed by atoms with van der Waals surface area (Å²) in [5.74, 6) is -0.244. The fourth-order valence-corrected chi connectivity index (χ4v) is 0.928. The second kappa shape index (κ2) is 5.32. The Kier molecular flexibility index (Phi) is 3.99. The maximum absolute atomic E-state index is 10.9. The maximum atomic E-state index is 10.9. The lowest BCUT2D eigenvalue weighted by molar-refractivity contribution is -0.144. The standard InChI is InChI=1S/C10H13NO2/c11-7-6-10(12)13-8-9-4-2-1-3-5-9/h1-5H,6-8,11H2/i11+1. The molecule has 1 aromatic carbocycles. The summed E-state index contributed by atoms with van der Waals surface area (Å²) in [4.78, 5) is 10.9. The van der Waals surface area contributed by atoms with Crippen LogP contribution >= 0.6 is 0 Å². The molecule has 0 spiro atoms. The molecule has 2 N–H and O–H groups in total. The largest absolute Gasteiger partial charge is 0.461 e. The molecule has 1 aromatic rings. The second-order valence-electron chi connectivity index (χ2n) is 2.68. The number of hydrogen-bond acceptors (Lipinski definition) is 3. The zero-order valence-corrected chi connectivity index (χ0v) is 7.40. The van der Waals surface area contributed by atoms with E-state index in [4.69, 9.17) is 10.5 Å². The Bertz CT molecular complexity index is 259. The quantitative estimate of drug-likeness (QED) is 0.557. The molecular weight excluding hydrogens is 167 g/mol. The molecule has 0 bridgehead atoms. The highest BCUT2D eigenvalue weighted by atomic mass is 16.5.